The Morgan fingerprint density at radius 1 is 1.21 bits per heavy atom. The highest BCUT2D eigenvalue weighted by molar-refractivity contribution is 6.04. The summed E-state index contributed by atoms with van der Waals surface area (Å²) in [5.41, 5.74) is -0.937. The van der Waals surface area contributed by atoms with Crippen LogP contribution in [-0.4, -0.2) is 82.7 Å². The Balaban J connectivity index is 1.41. The van der Waals surface area contributed by atoms with Crippen LogP contribution in [0.3, 0.4) is 0 Å². The highest BCUT2D eigenvalue weighted by Crippen LogP contribution is 2.43. The number of aromatic hydroxyl groups is 1. The molecule has 2 aromatic carbocycles. The second-order valence-electron chi connectivity index (χ2n) is 11.3. The molecule has 0 saturated carbocycles. The van der Waals surface area contributed by atoms with Crippen molar-refractivity contribution in [2.75, 3.05) is 45.3 Å². The van der Waals surface area contributed by atoms with E-state index >= 15 is 4.39 Å². The van der Waals surface area contributed by atoms with Gasteiger partial charge < -0.3 is 24.6 Å². The quantitative estimate of drug-likeness (QED) is 0.299. The van der Waals surface area contributed by atoms with E-state index in [2.05, 4.69) is 31.1 Å². The fourth-order valence-electron chi connectivity index (χ4n) is 6.53. The minimum absolute atomic E-state index is 0.00697. The van der Waals surface area contributed by atoms with Crippen LogP contribution in [0.15, 0.2) is 24.3 Å². The Labute approximate surface area is 245 Å². The van der Waals surface area contributed by atoms with Crippen LogP contribution < -0.4 is 14.8 Å². The Morgan fingerprint density at radius 2 is 2.05 bits per heavy atom. The van der Waals surface area contributed by atoms with Crippen LogP contribution in [0.5, 0.6) is 17.6 Å². The fourth-order valence-corrected chi connectivity index (χ4v) is 6.53. The molecule has 9 nitrogen and oxygen atoms in total. The maximum absolute atomic E-state index is 16.7. The fraction of sp³-hybridized carbons (Fsp3) is 0.387. The van der Waals surface area contributed by atoms with Crippen molar-refractivity contribution in [2.45, 2.75) is 37.0 Å². The van der Waals surface area contributed by atoms with Crippen molar-refractivity contribution < 1.29 is 32.5 Å². The molecule has 0 bridgehead atoms. The van der Waals surface area contributed by atoms with Gasteiger partial charge in [-0.2, -0.15) is 9.97 Å². The van der Waals surface area contributed by atoms with E-state index in [4.69, 9.17) is 20.6 Å². The third kappa shape index (κ3) is 4.54. The van der Waals surface area contributed by atoms with Crippen molar-refractivity contribution in [2.24, 2.45) is 0 Å². The minimum atomic E-state index is -0.942. The Morgan fingerprint density at radius 3 is 2.79 bits per heavy atom. The molecule has 0 radical (unpaired) electrons. The number of hydrogen-bond donors (Lipinski definition) is 2. The summed E-state index contributed by atoms with van der Waals surface area (Å²) in [6.07, 6.45) is 6.76. The monoisotopic (exact) mass is 591 g/mol. The van der Waals surface area contributed by atoms with E-state index in [1.165, 1.54) is 31.4 Å². The number of nitrogens with zero attached hydrogens (tertiary/aromatic N) is 4. The molecule has 3 fully saturated rings. The zero-order valence-corrected chi connectivity index (χ0v) is 23.3. The highest BCUT2D eigenvalue weighted by Gasteiger charge is 2.49. The van der Waals surface area contributed by atoms with Crippen LogP contribution in [0.2, 0.25) is 0 Å². The number of nitrogens with one attached hydrogen (secondary N) is 1. The van der Waals surface area contributed by atoms with Gasteiger partial charge in [0, 0.05) is 23.9 Å². The van der Waals surface area contributed by atoms with E-state index in [9.17, 15) is 13.9 Å². The number of pyridine rings is 1. The molecule has 3 aliphatic heterocycles. The van der Waals surface area contributed by atoms with Gasteiger partial charge in [-0.3, -0.25) is 4.90 Å². The number of fused-ring (bicyclic) bond motifs is 3. The molecule has 43 heavy (non-hydrogen) atoms. The molecule has 3 saturated heterocycles. The molecule has 2 atom stereocenters. The van der Waals surface area contributed by atoms with Crippen LogP contribution in [0.25, 0.3) is 32.9 Å². The average molecular weight is 592 g/mol. The Hall–Kier alpha value is -4.34. The summed E-state index contributed by atoms with van der Waals surface area (Å²) in [7, 11) is 1.37. The molecule has 0 amide bonds. The first-order valence-corrected chi connectivity index (χ1v) is 14.0. The Bertz CT molecular complexity index is 1810. The Kier molecular flexibility index (Phi) is 6.67. The van der Waals surface area contributed by atoms with Crippen LogP contribution in [0.1, 0.15) is 24.8 Å². The number of hydrogen-bond acceptors (Lipinski definition) is 9. The molecule has 4 aromatic rings. The zero-order chi connectivity index (χ0) is 29.9. The standard InChI is InChI=1S/C31H28F3N5O4/c1-3-20-22(33)6-5-16-9-19(40)10-21(23(16)20)26-25(34)27-24(29(36-26)41-2)28(35-18-13-42-14-18)38-30(37-27)43-15-31-7-4-8-39(31)12-17(32)11-31/h1,5-6,9-10,17-18,40H,4,7-8,11-15H2,2H3,(H,35,37,38)/t17-,31+/m1/s1. The van der Waals surface area contributed by atoms with E-state index in [-0.39, 0.29) is 69.2 Å². The van der Waals surface area contributed by atoms with E-state index in [1.54, 1.807) is 0 Å². The lowest BCUT2D eigenvalue weighted by Crippen LogP contribution is -2.43. The van der Waals surface area contributed by atoms with E-state index in [0.29, 0.717) is 31.6 Å². The normalized spacial score (nSPS) is 22.0. The number of benzene rings is 2. The predicted octanol–water partition coefficient (Wildman–Crippen LogP) is 4.58. The van der Waals surface area contributed by atoms with Crippen molar-refractivity contribution in [1.82, 2.24) is 19.9 Å². The number of phenols is 1. The van der Waals surface area contributed by atoms with Crippen molar-refractivity contribution in [3.05, 3.63) is 41.5 Å². The number of terminal acetylenes is 1. The number of phenolic OH excluding ortho intramolecular Hbond substituents is 1. The summed E-state index contributed by atoms with van der Waals surface area (Å²) in [6.45, 7) is 2.13. The maximum atomic E-state index is 16.7. The largest absolute Gasteiger partial charge is 0.508 e. The summed E-state index contributed by atoms with van der Waals surface area (Å²) in [5, 5.41) is 14.5. The molecule has 222 valence electrons. The van der Waals surface area contributed by atoms with Gasteiger partial charge in [0.05, 0.1) is 37.5 Å². The lowest BCUT2D eigenvalue weighted by atomic mass is 9.95. The molecule has 0 aliphatic carbocycles. The van der Waals surface area contributed by atoms with Gasteiger partial charge in [-0.25, -0.2) is 18.2 Å². The SMILES string of the molecule is C#Cc1c(F)ccc2cc(O)cc(-c3nc(OC)c4c(NC5COC5)nc(OC[C@@]56CCCN5C[C@H](F)C6)nc4c3F)c12. The number of methoxy groups -OCH3 is 1. The first-order chi connectivity index (χ1) is 20.8. The smallest absolute Gasteiger partial charge is 0.319 e. The topological polar surface area (TPSA) is 102 Å². The summed E-state index contributed by atoms with van der Waals surface area (Å²) in [4.78, 5) is 15.5. The van der Waals surface area contributed by atoms with Crippen molar-refractivity contribution in [3.63, 3.8) is 0 Å². The van der Waals surface area contributed by atoms with Crippen molar-refractivity contribution in [3.8, 4) is 41.2 Å². The van der Waals surface area contributed by atoms with Gasteiger partial charge in [0.2, 0.25) is 5.88 Å². The summed E-state index contributed by atoms with van der Waals surface area (Å²) >= 11 is 0. The molecular formula is C31H28F3N5O4. The first kappa shape index (κ1) is 27.5. The number of rotatable bonds is 7. The van der Waals surface area contributed by atoms with Gasteiger partial charge in [0.15, 0.2) is 5.82 Å². The number of ether oxygens (including phenoxy) is 3. The molecule has 3 aliphatic rings. The summed E-state index contributed by atoms with van der Waals surface area (Å²) in [6, 6.07) is 5.10. The number of halogens is 3. The van der Waals surface area contributed by atoms with Gasteiger partial charge in [-0.15, -0.1) is 6.42 Å². The van der Waals surface area contributed by atoms with E-state index < -0.39 is 23.3 Å². The molecule has 0 spiro atoms. The summed E-state index contributed by atoms with van der Waals surface area (Å²) in [5.74, 6) is 0.813. The third-order valence-electron chi connectivity index (χ3n) is 8.59. The lowest BCUT2D eigenvalue weighted by molar-refractivity contribution is 0.0209. The average Bonchev–Trinajstić information content (AvgIpc) is 3.49. The molecule has 7 rings (SSSR count). The van der Waals surface area contributed by atoms with Crippen LogP contribution in [-0.2, 0) is 4.74 Å². The lowest BCUT2D eigenvalue weighted by Gasteiger charge is -2.31. The maximum Gasteiger partial charge on any atom is 0.319 e. The first-order valence-electron chi connectivity index (χ1n) is 14.0. The zero-order valence-electron chi connectivity index (χ0n) is 23.3. The molecular weight excluding hydrogens is 563 g/mol. The second-order valence-corrected chi connectivity index (χ2v) is 11.3. The van der Waals surface area contributed by atoms with Gasteiger partial charge in [-0.1, -0.05) is 12.0 Å². The van der Waals surface area contributed by atoms with Crippen molar-refractivity contribution >= 4 is 27.5 Å². The molecule has 0 unspecified atom stereocenters. The van der Waals surface area contributed by atoms with Gasteiger partial charge in [0.1, 0.15) is 46.8 Å². The number of aromatic nitrogens is 3. The van der Waals surface area contributed by atoms with Gasteiger partial charge in [0.25, 0.3) is 0 Å². The van der Waals surface area contributed by atoms with Crippen LogP contribution >= 0.6 is 0 Å². The second kappa shape index (κ2) is 10.4. The number of anilines is 1. The van der Waals surface area contributed by atoms with Crippen LogP contribution in [0.4, 0.5) is 19.0 Å². The molecule has 2 aromatic heterocycles. The minimum Gasteiger partial charge on any atom is -0.508 e. The van der Waals surface area contributed by atoms with Crippen molar-refractivity contribution in [1.29, 1.82) is 0 Å². The van der Waals surface area contributed by atoms with Gasteiger partial charge >= 0.3 is 6.01 Å². The highest BCUT2D eigenvalue weighted by atomic mass is 19.1. The summed E-state index contributed by atoms with van der Waals surface area (Å²) < 4.78 is 62.8. The molecule has 5 heterocycles. The van der Waals surface area contributed by atoms with Crippen LogP contribution in [0, 0.1) is 24.0 Å². The number of alkyl halides is 1. The van der Waals surface area contributed by atoms with E-state index in [1.807, 2.05) is 0 Å². The molecule has 2 N–H and O–H groups in total. The predicted molar refractivity (Wildman–Crippen MR) is 153 cm³/mol. The third-order valence-corrected chi connectivity index (χ3v) is 8.59. The van der Waals surface area contributed by atoms with Gasteiger partial charge in [-0.05, 0) is 43.0 Å². The molecule has 12 heteroatoms. The van der Waals surface area contributed by atoms with E-state index in [0.717, 1.165) is 19.4 Å².